The van der Waals surface area contributed by atoms with Crippen molar-refractivity contribution in [3.05, 3.63) is 34.3 Å². The lowest BCUT2D eigenvalue weighted by molar-refractivity contribution is 0.488. The third-order valence-corrected chi connectivity index (χ3v) is 2.53. The maximum atomic E-state index is 7.85. The van der Waals surface area contributed by atoms with Crippen molar-refractivity contribution >= 4 is 15.9 Å². The maximum Gasteiger partial charge on any atom is 0.123 e. The number of hydrogen-bond donors (Lipinski definition) is 1. The first-order chi connectivity index (χ1) is 7.00. The summed E-state index contributed by atoms with van der Waals surface area (Å²) in [6.45, 7) is 6.19. The van der Waals surface area contributed by atoms with Gasteiger partial charge >= 0.3 is 0 Å². The molecule has 2 heteroatoms. The van der Waals surface area contributed by atoms with Crippen LogP contribution in [-0.4, -0.2) is 12.1 Å². The zero-order valence-corrected chi connectivity index (χ0v) is 10.6. The molecule has 1 atom stereocenters. The van der Waals surface area contributed by atoms with Crippen molar-refractivity contribution in [2.45, 2.75) is 39.3 Å². The van der Waals surface area contributed by atoms with E-state index < -0.39 is 0 Å². The van der Waals surface area contributed by atoms with E-state index in [4.69, 9.17) is 1.41 Å². The molecule has 1 N–H and O–H groups in total. The molecule has 1 unspecified atom stereocenters. The highest BCUT2D eigenvalue weighted by Gasteiger charge is 2.04. The molecule has 0 bridgehead atoms. The lowest BCUT2D eigenvalue weighted by Gasteiger charge is -2.16. The van der Waals surface area contributed by atoms with Crippen molar-refractivity contribution in [2.75, 3.05) is 0 Å². The Labute approximate surface area is 96.5 Å². The molecule has 0 amide bonds. The fourth-order valence-corrected chi connectivity index (χ4v) is 1.79. The number of halogens is 1. The second-order valence-corrected chi connectivity index (χ2v) is 4.84. The molecule has 1 nitrogen and oxygen atoms in total. The summed E-state index contributed by atoms with van der Waals surface area (Å²) < 4.78 is 8.95. The fraction of sp³-hybridized carbons (Fsp3) is 0.500. The second-order valence-electron chi connectivity index (χ2n) is 3.92. The van der Waals surface area contributed by atoms with Gasteiger partial charge in [-0.3, -0.25) is 0 Å². The van der Waals surface area contributed by atoms with Crippen LogP contribution in [-0.2, 0) is 6.42 Å². The highest BCUT2D eigenvalue weighted by Crippen LogP contribution is 2.11. The average molecular weight is 257 g/mol. The Kier molecular flexibility index (Phi) is 4.02. The average Bonchev–Trinajstić information content (AvgIpc) is 2.20. The summed E-state index contributed by atoms with van der Waals surface area (Å²) in [6.07, 6.45) is 0.926. The van der Waals surface area contributed by atoms with Crippen LogP contribution in [0.25, 0.3) is 0 Å². The van der Waals surface area contributed by atoms with Crippen molar-refractivity contribution in [1.82, 2.24) is 5.31 Å². The molecule has 0 aliphatic carbocycles. The van der Waals surface area contributed by atoms with Gasteiger partial charge in [0.1, 0.15) is 1.41 Å². The molecule has 0 heterocycles. The van der Waals surface area contributed by atoms with Gasteiger partial charge in [-0.1, -0.05) is 41.9 Å². The van der Waals surface area contributed by atoms with Crippen molar-refractivity contribution in [3.63, 3.8) is 0 Å². The molecule has 78 valence electrons. The monoisotopic (exact) mass is 256 g/mol. The van der Waals surface area contributed by atoms with Crippen LogP contribution in [0.2, 0.25) is 1.41 Å². The smallest absolute Gasteiger partial charge is 0.123 e. The summed E-state index contributed by atoms with van der Waals surface area (Å²) in [6, 6.07) is 8.84. The number of nitrogens with one attached hydrogen (secondary N) is 1. The van der Waals surface area contributed by atoms with Gasteiger partial charge in [-0.05, 0) is 31.0 Å². The largest absolute Gasteiger partial charge is 0.312 e. The molecule has 1 rings (SSSR count). The first-order valence-corrected chi connectivity index (χ1v) is 5.81. The van der Waals surface area contributed by atoms with E-state index in [-0.39, 0.29) is 12.1 Å². The van der Waals surface area contributed by atoms with Crippen molar-refractivity contribution < 1.29 is 1.41 Å². The first kappa shape index (κ1) is 10.2. The number of hydrogen-bond acceptors (Lipinski definition) is 1. The lowest BCUT2D eigenvalue weighted by atomic mass is 10.1. The summed E-state index contributed by atoms with van der Waals surface area (Å²) in [7, 11) is 0. The molecule has 1 aromatic carbocycles. The molecule has 0 aliphatic heterocycles. The topological polar surface area (TPSA) is 12.0 Å². The fourth-order valence-electron chi connectivity index (χ4n) is 1.52. The predicted octanol–water partition coefficient (Wildman–Crippen LogP) is 3.38. The van der Waals surface area contributed by atoms with Gasteiger partial charge in [0.25, 0.3) is 0 Å². The molecule has 0 radical (unpaired) electrons. The summed E-state index contributed by atoms with van der Waals surface area (Å²) in [4.78, 5) is 0. The Hall–Kier alpha value is -0.340. The third-order valence-electron chi connectivity index (χ3n) is 2.00. The zero-order chi connectivity index (χ0) is 11.4. The van der Waals surface area contributed by atoms with E-state index in [2.05, 4.69) is 35.0 Å². The van der Waals surface area contributed by atoms with E-state index in [9.17, 15) is 0 Å². The van der Waals surface area contributed by atoms with Gasteiger partial charge in [0, 0.05) is 16.6 Å². The summed E-state index contributed by atoms with van der Waals surface area (Å²) in [5, 5.41) is 1.65. The Morgan fingerprint density at radius 1 is 1.29 bits per heavy atom. The van der Waals surface area contributed by atoms with Gasteiger partial charge in [0.15, 0.2) is 0 Å². The van der Waals surface area contributed by atoms with E-state index in [1.807, 2.05) is 26.0 Å². The van der Waals surface area contributed by atoms with E-state index in [0.717, 1.165) is 10.9 Å². The van der Waals surface area contributed by atoms with Crippen LogP contribution in [0.1, 0.15) is 26.3 Å². The summed E-state index contributed by atoms with van der Waals surface area (Å²) in [5.41, 5.74) is 1.28. The van der Waals surface area contributed by atoms with E-state index in [1.54, 1.807) is 5.31 Å². The molecule has 14 heavy (non-hydrogen) atoms. The predicted molar refractivity (Wildman–Crippen MR) is 65.6 cm³/mol. The Morgan fingerprint density at radius 2 is 1.86 bits per heavy atom. The van der Waals surface area contributed by atoms with Gasteiger partial charge < -0.3 is 5.31 Å². The SMILES string of the molecule is [2H]N(C(C)C)C(C)Cc1ccc(Br)cc1. The summed E-state index contributed by atoms with van der Waals surface area (Å²) >= 11 is 3.42. The van der Waals surface area contributed by atoms with Crippen molar-refractivity contribution in [1.29, 1.82) is 0 Å². The summed E-state index contributed by atoms with van der Waals surface area (Å²) in [5.74, 6) is 0. The minimum atomic E-state index is 0.256. The minimum Gasteiger partial charge on any atom is -0.312 e. The van der Waals surface area contributed by atoms with Crippen molar-refractivity contribution in [2.24, 2.45) is 0 Å². The van der Waals surface area contributed by atoms with Crippen LogP contribution in [0.15, 0.2) is 28.7 Å². The Bertz CT molecular complexity index is 297. The van der Waals surface area contributed by atoms with Gasteiger partial charge in [-0.25, -0.2) is 0 Å². The van der Waals surface area contributed by atoms with Crippen LogP contribution in [0.4, 0.5) is 0 Å². The Morgan fingerprint density at radius 3 is 2.36 bits per heavy atom. The second kappa shape index (κ2) is 5.52. The molecule has 0 saturated heterocycles. The molecule has 0 spiro atoms. The molecular weight excluding hydrogens is 238 g/mol. The third kappa shape index (κ3) is 4.25. The number of benzene rings is 1. The molecule has 1 aromatic rings. The minimum absolute atomic E-state index is 0.256. The lowest BCUT2D eigenvalue weighted by Crippen LogP contribution is -2.33. The van der Waals surface area contributed by atoms with Crippen LogP contribution in [0.5, 0.6) is 0 Å². The first-order valence-electron chi connectivity index (χ1n) is 5.47. The standard InChI is InChI=1S/C12H18BrN/c1-9(2)14-10(3)8-11-4-6-12(13)7-5-11/h4-7,9-10,14H,8H2,1-3H3/i/hD. The van der Waals surface area contributed by atoms with Gasteiger partial charge in [-0.2, -0.15) is 0 Å². The molecule has 0 fully saturated rings. The van der Waals surface area contributed by atoms with E-state index in [1.165, 1.54) is 5.56 Å². The van der Waals surface area contributed by atoms with Crippen LogP contribution in [0.3, 0.4) is 0 Å². The van der Waals surface area contributed by atoms with Crippen LogP contribution in [0, 0.1) is 0 Å². The van der Waals surface area contributed by atoms with Gasteiger partial charge in [0.05, 0.1) is 0 Å². The van der Waals surface area contributed by atoms with E-state index in [0.29, 0.717) is 0 Å². The van der Waals surface area contributed by atoms with Gasteiger partial charge in [0.2, 0.25) is 0 Å². The normalized spacial score (nSPS) is 14.6. The maximum absolute atomic E-state index is 7.85. The molecular formula is C12H18BrN. The molecule has 0 aliphatic rings. The zero-order valence-electron chi connectivity index (χ0n) is 10.00. The Balaban J connectivity index is 2.58. The van der Waals surface area contributed by atoms with E-state index >= 15 is 0 Å². The number of rotatable bonds is 4. The molecule has 0 aromatic heterocycles. The van der Waals surface area contributed by atoms with Crippen LogP contribution < -0.4 is 5.31 Å². The quantitative estimate of drug-likeness (QED) is 0.871. The van der Waals surface area contributed by atoms with Gasteiger partial charge in [-0.15, -0.1) is 0 Å². The highest BCUT2D eigenvalue weighted by atomic mass is 79.9. The van der Waals surface area contributed by atoms with Crippen molar-refractivity contribution in [3.8, 4) is 0 Å². The highest BCUT2D eigenvalue weighted by molar-refractivity contribution is 9.10. The van der Waals surface area contributed by atoms with Crippen LogP contribution >= 0.6 is 15.9 Å². The molecule has 0 saturated carbocycles.